The zero-order chi connectivity index (χ0) is 29.1. The number of thiophene rings is 4. The van der Waals surface area contributed by atoms with E-state index < -0.39 is 0 Å². The van der Waals surface area contributed by atoms with E-state index in [1.54, 1.807) is 0 Å². The van der Waals surface area contributed by atoms with Gasteiger partial charge in [-0.25, -0.2) is 0 Å². The normalized spacial score (nSPS) is 12.3. The third-order valence-electron chi connectivity index (χ3n) is 8.46. The summed E-state index contributed by atoms with van der Waals surface area (Å²) in [5, 5.41) is 7.29. The maximum absolute atomic E-state index is 5.02. The highest BCUT2D eigenvalue weighted by atomic mass is 32.1. The van der Waals surface area contributed by atoms with E-state index in [0.717, 1.165) is 22.4 Å². The molecule has 44 heavy (non-hydrogen) atoms. The summed E-state index contributed by atoms with van der Waals surface area (Å²) in [6, 6.07) is 31.0. The van der Waals surface area contributed by atoms with Gasteiger partial charge in [-0.15, -0.1) is 45.3 Å². The van der Waals surface area contributed by atoms with Gasteiger partial charge >= 0.3 is 0 Å². The van der Waals surface area contributed by atoms with Crippen LogP contribution in [0.15, 0.2) is 97.3 Å². The molecule has 210 valence electrons. The lowest BCUT2D eigenvalue weighted by molar-refractivity contribution is 1.19. The van der Waals surface area contributed by atoms with E-state index in [9.17, 15) is 0 Å². The SMILES string of the molecule is Cc1cc2sc(-n3c4ccccc4c4cc(-c5cc6c7ccccc7n(-c7cc8sc(C)cc8s7)c6cn5)ncc43)cc2s1. The number of aryl methyl sites for hydroxylation is 2. The fourth-order valence-electron chi connectivity index (χ4n) is 6.60. The summed E-state index contributed by atoms with van der Waals surface area (Å²) in [5.74, 6) is 0. The molecule has 0 radical (unpaired) electrons. The molecular formula is C36H22N4S4. The van der Waals surface area contributed by atoms with Crippen molar-refractivity contribution in [3.63, 3.8) is 0 Å². The first-order chi connectivity index (χ1) is 21.6. The number of para-hydroxylation sites is 2. The van der Waals surface area contributed by atoms with Crippen LogP contribution in [0.2, 0.25) is 0 Å². The predicted molar refractivity (Wildman–Crippen MR) is 192 cm³/mol. The summed E-state index contributed by atoms with van der Waals surface area (Å²) < 4.78 is 10.1. The molecule has 0 saturated heterocycles. The zero-order valence-electron chi connectivity index (χ0n) is 23.7. The smallest absolute Gasteiger partial charge is 0.102 e. The van der Waals surface area contributed by atoms with Crippen LogP contribution in [0.5, 0.6) is 0 Å². The van der Waals surface area contributed by atoms with Gasteiger partial charge in [0, 0.05) is 50.1 Å². The monoisotopic (exact) mass is 638 g/mol. The molecule has 10 aromatic rings. The van der Waals surface area contributed by atoms with Gasteiger partial charge in [0.25, 0.3) is 0 Å². The van der Waals surface area contributed by atoms with Gasteiger partial charge in [-0.1, -0.05) is 36.4 Å². The van der Waals surface area contributed by atoms with Crippen molar-refractivity contribution in [3.05, 3.63) is 107 Å². The van der Waals surface area contributed by atoms with Crippen molar-refractivity contribution in [1.29, 1.82) is 0 Å². The summed E-state index contributed by atoms with van der Waals surface area (Å²) in [6.07, 6.45) is 4.05. The molecule has 0 atom stereocenters. The number of hydrogen-bond donors (Lipinski definition) is 0. The maximum Gasteiger partial charge on any atom is 0.102 e. The molecule has 8 aromatic heterocycles. The molecule has 0 aliphatic rings. The highest BCUT2D eigenvalue weighted by molar-refractivity contribution is 7.29. The van der Waals surface area contributed by atoms with E-state index in [4.69, 9.17) is 9.97 Å². The van der Waals surface area contributed by atoms with Crippen LogP contribution < -0.4 is 0 Å². The van der Waals surface area contributed by atoms with Gasteiger partial charge in [0.1, 0.15) is 10.0 Å². The Morgan fingerprint density at radius 2 is 0.886 bits per heavy atom. The minimum atomic E-state index is 0.883. The molecule has 2 aromatic carbocycles. The number of benzene rings is 2. The van der Waals surface area contributed by atoms with E-state index in [0.29, 0.717) is 0 Å². The van der Waals surface area contributed by atoms with E-state index in [2.05, 4.69) is 108 Å². The van der Waals surface area contributed by atoms with Crippen LogP contribution in [0.4, 0.5) is 0 Å². The number of hydrogen-bond acceptors (Lipinski definition) is 6. The van der Waals surface area contributed by atoms with E-state index in [1.165, 1.54) is 71.1 Å². The Labute approximate surface area is 267 Å². The summed E-state index contributed by atoms with van der Waals surface area (Å²) in [7, 11) is 0. The third kappa shape index (κ3) is 3.53. The Morgan fingerprint density at radius 1 is 0.455 bits per heavy atom. The lowest BCUT2D eigenvalue weighted by Gasteiger charge is -2.06. The van der Waals surface area contributed by atoms with Crippen LogP contribution in [-0.4, -0.2) is 19.1 Å². The average Bonchev–Trinajstić information content (AvgIpc) is 3.85. The lowest BCUT2D eigenvalue weighted by Crippen LogP contribution is -1.93. The standard InChI is InChI=1S/C36H22N4S4/c1-19-11-31-33(41-19)15-35(43-31)39-27-9-5-3-7-21(27)23-13-25(37-17-29(23)39)26-14-24-22-8-4-6-10-28(22)40(30(24)18-38-26)36-16-34-32(44-36)12-20(2)42-34/h3-18H,1-2H3. The van der Waals surface area contributed by atoms with Crippen LogP contribution in [-0.2, 0) is 0 Å². The second-order valence-electron chi connectivity index (χ2n) is 11.2. The fraction of sp³-hybridized carbons (Fsp3) is 0.0556. The topological polar surface area (TPSA) is 35.6 Å². The molecular weight excluding hydrogens is 617 g/mol. The summed E-state index contributed by atoms with van der Waals surface area (Å²) in [6.45, 7) is 4.36. The zero-order valence-corrected chi connectivity index (χ0v) is 26.9. The molecule has 0 bridgehead atoms. The van der Waals surface area contributed by atoms with Crippen molar-refractivity contribution in [1.82, 2.24) is 19.1 Å². The lowest BCUT2D eigenvalue weighted by atomic mass is 10.1. The van der Waals surface area contributed by atoms with Crippen LogP contribution in [0.25, 0.3) is 83.8 Å². The average molecular weight is 639 g/mol. The molecule has 8 heteroatoms. The molecule has 0 aliphatic carbocycles. The predicted octanol–water partition coefficient (Wildman–Crippen LogP) is 11.5. The minimum Gasteiger partial charge on any atom is -0.299 e. The first kappa shape index (κ1) is 25.0. The van der Waals surface area contributed by atoms with Gasteiger partial charge in [0.15, 0.2) is 0 Å². The Bertz CT molecular complexity index is 2510. The third-order valence-corrected chi connectivity index (χ3v) is 12.8. The van der Waals surface area contributed by atoms with Gasteiger partial charge in [-0.3, -0.25) is 19.1 Å². The second-order valence-corrected chi connectivity index (χ2v) is 15.9. The Morgan fingerprint density at radius 3 is 1.34 bits per heavy atom. The van der Waals surface area contributed by atoms with Gasteiger partial charge in [-0.2, -0.15) is 0 Å². The van der Waals surface area contributed by atoms with Crippen molar-refractivity contribution < 1.29 is 0 Å². The number of rotatable bonds is 3. The molecule has 0 saturated carbocycles. The van der Waals surface area contributed by atoms with Crippen molar-refractivity contribution >= 4 is 108 Å². The van der Waals surface area contributed by atoms with Crippen LogP contribution >= 0.6 is 45.3 Å². The van der Waals surface area contributed by atoms with E-state index >= 15 is 0 Å². The highest BCUT2D eigenvalue weighted by Gasteiger charge is 2.19. The van der Waals surface area contributed by atoms with E-state index in [1.807, 2.05) is 57.7 Å². The van der Waals surface area contributed by atoms with Crippen LogP contribution in [0, 0.1) is 13.8 Å². The molecule has 0 unspecified atom stereocenters. The van der Waals surface area contributed by atoms with E-state index in [-0.39, 0.29) is 0 Å². The molecule has 10 rings (SSSR count). The number of nitrogens with zero attached hydrogens (tertiary/aromatic N) is 4. The molecule has 0 amide bonds. The number of aromatic nitrogens is 4. The molecule has 0 spiro atoms. The van der Waals surface area contributed by atoms with Crippen LogP contribution in [0.3, 0.4) is 0 Å². The minimum absolute atomic E-state index is 0.883. The van der Waals surface area contributed by atoms with Gasteiger partial charge in [-0.05, 0) is 62.4 Å². The van der Waals surface area contributed by atoms with Crippen molar-refractivity contribution in [2.24, 2.45) is 0 Å². The van der Waals surface area contributed by atoms with Crippen molar-refractivity contribution in [3.8, 4) is 21.4 Å². The molecule has 0 fully saturated rings. The first-order valence-electron chi connectivity index (χ1n) is 14.4. The molecule has 0 N–H and O–H groups in total. The Kier molecular flexibility index (Phi) is 5.17. The van der Waals surface area contributed by atoms with Gasteiger partial charge in [0.2, 0.25) is 0 Å². The van der Waals surface area contributed by atoms with Crippen molar-refractivity contribution in [2.75, 3.05) is 0 Å². The summed E-state index contributed by atoms with van der Waals surface area (Å²) in [5.41, 5.74) is 6.40. The second kappa shape index (κ2) is 9.09. The summed E-state index contributed by atoms with van der Waals surface area (Å²) in [4.78, 5) is 12.7. The quantitative estimate of drug-likeness (QED) is 0.193. The van der Waals surface area contributed by atoms with Gasteiger partial charge < -0.3 is 0 Å². The largest absolute Gasteiger partial charge is 0.299 e. The Hall–Kier alpha value is -4.34. The summed E-state index contributed by atoms with van der Waals surface area (Å²) >= 11 is 7.40. The Balaban J connectivity index is 1.16. The number of pyridine rings is 2. The first-order valence-corrected chi connectivity index (χ1v) is 17.7. The maximum atomic E-state index is 5.02. The fourth-order valence-corrected chi connectivity index (χ4v) is 11.3. The molecule has 8 heterocycles. The van der Waals surface area contributed by atoms with Gasteiger partial charge in [0.05, 0.1) is 45.8 Å². The van der Waals surface area contributed by atoms with Crippen LogP contribution in [0.1, 0.15) is 9.75 Å². The molecule has 4 nitrogen and oxygen atoms in total. The number of fused-ring (bicyclic) bond motifs is 8. The molecule has 0 aliphatic heterocycles. The highest BCUT2D eigenvalue weighted by Crippen LogP contribution is 2.42. The van der Waals surface area contributed by atoms with Crippen molar-refractivity contribution in [2.45, 2.75) is 13.8 Å².